The van der Waals surface area contributed by atoms with Crippen molar-refractivity contribution >= 4 is 34.8 Å². The molecule has 1 aromatic heterocycles. The lowest BCUT2D eigenvalue weighted by molar-refractivity contribution is -0.137. The van der Waals surface area contributed by atoms with Crippen molar-refractivity contribution in [1.82, 2.24) is 19.7 Å². The van der Waals surface area contributed by atoms with Crippen LogP contribution in [0.4, 0.5) is 0 Å². The average molecular weight is 449 g/mol. The van der Waals surface area contributed by atoms with Gasteiger partial charge in [0, 0.05) is 50.2 Å². The molecule has 2 fully saturated rings. The smallest absolute Gasteiger partial charge is 0.236 e. The highest BCUT2D eigenvalue weighted by atomic mass is 35.5. The Bertz CT molecular complexity index is 892. The van der Waals surface area contributed by atoms with Gasteiger partial charge in [-0.05, 0) is 6.07 Å². The summed E-state index contributed by atoms with van der Waals surface area (Å²) in [5.41, 5.74) is 1.66. The van der Waals surface area contributed by atoms with Gasteiger partial charge in [0.25, 0.3) is 0 Å². The minimum absolute atomic E-state index is 0.0742. The fourth-order valence-electron chi connectivity index (χ4n) is 3.67. The molecule has 0 saturated carbocycles. The van der Waals surface area contributed by atoms with Crippen LogP contribution >= 0.6 is 22.9 Å². The van der Waals surface area contributed by atoms with Crippen LogP contribution in [0.5, 0.6) is 0 Å². The van der Waals surface area contributed by atoms with E-state index in [-0.39, 0.29) is 18.2 Å². The molecule has 0 N–H and O–H groups in total. The molecule has 3 heterocycles. The van der Waals surface area contributed by atoms with Crippen LogP contribution in [0.1, 0.15) is 5.69 Å². The number of amides is 2. The molecule has 30 heavy (non-hydrogen) atoms. The van der Waals surface area contributed by atoms with E-state index in [0.717, 1.165) is 16.3 Å². The first-order chi connectivity index (χ1) is 14.6. The second-order valence-corrected chi connectivity index (χ2v) is 8.72. The number of halogens is 1. The maximum absolute atomic E-state index is 12.7. The lowest BCUT2D eigenvalue weighted by atomic mass is 10.2. The van der Waals surface area contributed by atoms with E-state index in [1.165, 1.54) is 11.3 Å². The van der Waals surface area contributed by atoms with E-state index in [0.29, 0.717) is 64.0 Å². The molecule has 0 radical (unpaired) electrons. The molecule has 2 saturated heterocycles. The van der Waals surface area contributed by atoms with Gasteiger partial charge in [0.05, 0.1) is 36.9 Å². The molecule has 7 nitrogen and oxygen atoms in total. The molecule has 2 aromatic rings. The maximum Gasteiger partial charge on any atom is 0.236 e. The highest BCUT2D eigenvalue weighted by molar-refractivity contribution is 7.13. The van der Waals surface area contributed by atoms with Crippen molar-refractivity contribution < 1.29 is 14.3 Å². The fraction of sp³-hybridized carbons (Fsp3) is 0.476. The number of morpholine rings is 1. The molecule has 0 atom stereocenters. The summed E-state index contributed by atoms with van der Waals surface area (Å²) >= 11 is 7.75. The SMILES string of the molecule is O=C(Cc1csc(-c2ccccc2Cl)n1)N1CCN(CC(=O)N2CCOCC2)CC1. The Morgan fingerprint density at radius 3 is 2.43 bits per heavy atom. The highest BCUT2D eigenvalue weighted by Gasteiger charge is 2.25. The van der Waals surface area contributed by atoms with Gasteiger partial charge in [0.2, 0.25) is 11.8 Å². The molecular formula is C21H25ClN4O3S. The van der Waals surface area contributed by atoms with Crippen LogP contribution < -0.4 is 0 Å². The monoisotopic (exact) mass is 448 g/mol. The van der Waals surface area contributed by atoms with Crippen LogP contribution in [0.2, 0.25) is 5.02 Å². The van der Waals surface area contributed by atoms with Gasteiger partial charge in [-0.1, -0.05) is 29.8 Å². The zero-order valence-corrected chi connectivity index (χ0v) is 18.3. The summed E-state index contributed by atoms with van der Waals surface area (Å²) in [7, 11) is 0. The van der Waals surface area contributed by atoms with E-state index in [1.807, 2.05) is 39.4 Å². The Labute approximate surface area is 185 Å². The summed E-state index contributed by atoms with van der Waals surface area (Å²) < 4.78 is 5.30. The molecule has 1 aromatic carbocycles. The molecule has 9 heteroatoms. The number of thiazole rings is 1. The molecule has 160 valence electrons. The maximum atomic E-state index is 12.7. The number of benzene rings is 1. The van der Waals surface area contributed by atoms with Crippen molar-refractivity contribution in [2.45, 2.75) is 6.42 Å². The lowest BCUT2D eigenvalue weighted by Crippen LogP contribution is -2.52. The van der Waals surface area contributed by atoms with Gasteiger partial charge in [-0.3, -0.25) is 14.5 Å². The number of rotatable bonds is 5. The summed E-state index contributed by atoms with van der Waals surface area (Å²) in [5, 5.41) is 3.41. The average Bonchev–Trinajstić information content (AvgIpc) is 3.23. The summed E-state index contributed by atoms with van der Waals surface area (Å²) in [4.78, 5) is 35.6. The Balaban J connectivity index is 1.26. The standard InChI is InChI=1S/C21H25ClN4O3S/c22-18-4-2-1-3-17(18)21-23-16(15-30-21)13-19(27)25-7-5-24(6-8-25)14-20(28)26-9-11-29-12-10-26/h1-4,15H,5-14H2. The first kappa shape index (κ1) is 21.2. The lowest BCUT2D eigenvalue weighted by Gasteiger charge is -2.36. The normalized spacial score (nSPS) is 17.9. The van der Waals surface area contributed by atoms with E-state index < -0.39 is 0 Å². The number of ether oxygens (including phenoxy) is 1. The number of hydrogen-bond donors (Lipinski definition) is 0. The number of carbonyl (C=O) groups excluding carboxylic acids is 2. The van der Waals surface area contributed by atoms with Crippen molar-refractivity contribution in [3.63, 3.8) is 0 Å². The Kier molecular flexibility index (Phi) is 6.99. The van der Waals surface area contributed by atoms with E-state index >= 15 is 0 Å². The molecular weight excluding hydrogens is 424 g/mol. The summed E-state index contributed by atoms with van der Waals surface area (Å²) in [6.07, 6.45) is 0.285. The van der Waals surface area contributed by atoms with Crippen LogP contribution in [-0.2, 0) is 20.7 Å². The van der Waals surface area contributed by atoms with E-state index in [9.17, 15) is 9.59 Å². The third-order valence-corrected chi connectivity index (χ3v) is 6.69. The summed E-state index contributed by atoms with van der Waals surface area (Å²) in [6, 6.07) is 7.59. The second-order valence-electron chi connectivity index (χ2n) is 7.45. The minimum Gasteiger partial charge on any atom is -0.378 e. The number of nitrogens with zero attached hydrogens (tertiary/aromatic N) is 4. The zero-order valence-electron chi connectivity index (χ0n) is 16.8. The van der Waals surface area contributed by atoms with E-state index in [1.54, 1.807) is 0 Å². The van der Waals surface area contributed by atoms with Crippen LogP contribution in [-0.4, -0.2) is 90.5 Å². The summed E-state index contributed by atoms with van der Waals surface area (Å²) in [5.74, 6) is 0.220. The number of hydrogen-bond acceptors (Lipinski definition) is 6. The van der Waals surface area contributed by atoms with Crippen LogP contribution in [0.15, 0.2) is 29.6 Å². The number of aromatic nitrogens is 1. The molecule has 0 aliphatic carbocycles. The first-order valence-electron chi connectivity index (χ1n) is 10.1. The van der Waals surface area contributed by atoms with Crippen LogP contribution in [0.25, 0.3) is 10.6 Å². The third kappa shape index (κ3) is 5.18. The van der Waals surface area contributed by atoms with Gasteiger partial charge in [-0.2, -0.15) is 0 Å². The van der Waals surface area contributed by atoms with Gasteiger partial charge < -0.3 is 14.5 Å². The Morgan fingerprint density at radius 1 is 1.00 bits per heavy atom. The van der Waals surface area contributed by atoms with Gasteiger partial charge in [0.1, 0.15) is 5.01 Å². The third-order valence-electron chi connectivity index (χ3n) is 5.44. The highest BCUT2D eigenvalue weighted by Crippen LogP contribution is 2.30. The number of piperazine rings is 1. The number of carbonyl (C=O) groups is 2. The fourth-order valence-corrected chi connectivity index (χ4v) is 4.81. The first-order valence-corrected chi connectivity index (χ1v) is 11.4. The van der Waals surface area contributed by atoms with Crippen LogP contribution in [0.3, 0.4) is 0 Å². The molecule has 0 spiro atoms. The quantitative estimate of drug-likeness (QED) is 0.700. The summed E-state index contributed by atoms with van der Waals surface area (Å²) in [6.45, 7) is 5.67. The molecule has 0 unspecified atom stereocenters. The van der Waals surface area contributed by atoms with Crippen molar-refractivity contribution in [2.24, 2.45) is 0 Å². The van der Waals surface area contributed by atoms with Crippen molar-refractivity contribution in [3.8, 4) is 10.6 Å². The molecule has 0 bridgehead atoms. The van der Waals surface area contributed by atoms with Crippen LogP contribution in [0, 0.1) is 0 Å². The molecule has 2 aliphatic heterocycles. The van der Waals surface area contributed by atoms with Crippen molar-refractivity contribution in [2.75, 3.05) is 59.0 Å². The largest absolute Gasteiger partial charge is 0.378 e. The predicted octanol–water partition coefficient (Wildman–Crippen LogP) is 2.01. The second kappa shape index (κ2) is 9.87. The van der Waals surface area contributed by atoms with Gasteiger partial charge >= 0.3 is 0 Å². The van der Waals surface area contributed by atoms with Gasteiger partial charge in [-0.15, -0.1) is 11.3 Å². The Morgan fingerprint density at radius 2 is 1.70 bits per heavy atom. The minimum atomic E-state index is 0.0742. The Hall–Kier alpha value is -2.00. The molecule has 2 amide bonds. The van der Waals surface area contributed by atoms with E-state index in [4.69, 9.17) is 16.3 Å². The van der Waals surface area contributed by atoms with Crippen molar-refractivity contribution in [1.29, 1.82) is 0 Å². The van der Waals surface area contributed by atoms with Gasteiger partial charge in [0.15, 0.2) is 0 Å². The molecule has 4 rings (SSSR count). The van der Waals surface area contributed by atoms with Crippen molar-refractivity contribution in [3.05, 3.63) is 40.4 Å². The zero-order chi connectivity index (χ0) is 20.9. The molecule has 2 aliphatic rings. The van der Waals surface area contributed by atoms with E-state index in [2.05, 4.69) is 9.88 Å². The topological polar surface area (TPSA) is 66.0 Å². The van der Waals surface area contributed by atoms with Gasteiger partial charge in [-0.25, -0.2) is 4.98 Å². The predicted molar refractivity (Wildman–Crippen MR) is 117 cm³/mol.